The predicted molar refractivity (Wildman–Crippen MR) is 73.6 cm³/mol. The van der Waals surface area contributed by atoms with Crippen molar-refractivity contribution in [2.45, 2.75) is 44.7 Å². The molecule has 0 bridgehead atoms. The predicted octanol–water partition coefficient (Wildman–Crippen LogP) is 1.02. The zero-order valence-corrected chi connectivity index (χ0v) is 12.1. The molecule has 1 heterocycles. The molecule has 4 heteroatoms. The zero-order chi connectivity index (χ0) is 13.1. The molecule has 2 atom stereocenters. The third-order valence-electron chi connectivity index (χ3n) is 4.72. The van der Waals surface area contributed by atoms with E-state index in [0.29, 0.717) is 12.1 Å². The molecule has 1 saturated carbocycles. The minimum absolute atomic E-state index is 0.207. The van der Waals surface area contributed by atoms with Crippen molar-refractivity contribution in [1.29, 1.82) is 0 Å². The van der Waals surface area contributed by atoms with Crippen LogP contribution in [0.15, 0.2) is 0 Å². The lowest BCUT2D eigenvalue weighted by atomic mass is 9.88. The maximum absolute atomic E-state index is 11.5. The number of piperazine rings is 1. The van der Waals surface area contributed by atoms with Gasteiger partial charge in [0.15, 0.2) is 0 Å². The van der Waals surface area contributed by atoms with Crippen molar-refractivity contribution in [3.63, 3.8) is 0 Å². The number of carbonyl (C=O) groups excluding carboxylic acids is 1. The Labute approximate surface area is 111 Å². The maximum Gasteiger partial charge on any atom is 0.219 e. The molecule has 1 aliphatic carbocycles. The van der Waals surface area contributed by atoms with Crippen LogP contribution in [0.5, 0.6) is 0 Å². The molecule has 0 aromatic heterocycles. The van der Waals surface area contributed by atoms with Crippen LogP contribution in [-0.2, 0) is 4.79 Å². The monoisotopic (exact) mass is 253 g/mol. The van der Waals surface area contributed by atoms with Crippen LogP contribution in [0.3, 0.4) is 0 Å². The van der Waals surface area contributed by atoms with Gasteiger partial charge in [0.05, 0.1) is 0 Å². The highest BCUT2D eigenvalue weighted by Crippen LogP contribution is 2.26. The van der Waals surface area contributed by atoms with Gasteiger partial charge in [0.2, 0.25) is 5.91 Å². The maximum atomic E-state index is 11.5. The molecule has 0 radical (unpaired) electrons. The molecule has 2 rings (SSSR count). The second-order valence-corrected chi connectivity index (χ2v) is 5.94. The van der Waals surface area contributed by atoms with Gasteiger partial charge in [-0.3, -0.25) is 9.69 Å². The third-order valence-corrected chi connectivity index (χ3v) is 4.72. The van der Waals surface area contributed by atoms with Crippen molar-refractivity contribution in [3.8, 4) is 0 Å². The average molecular weight is 253 g/mol. The molecule has 1 saturated heterocycles. The van der Waals surface area contributed by atoms with Gasteiger partial charge in [-0.05, 0) is 32.7 Å². The van der Waals surface area contributed by atoms with Crippen LogP contribution in [0.4, 0.5) is 0 Å². The van der Waals surface area contributed by atoms with E-state index < -0.39 is 0 Å². The van der Waals surface area contributed by atoms with Gasteiger partial charge in [-0.1, -0.05) is 0 Å². The Kier molecular flexibility index (Phi) is 4.62. The van der Waals surface area contributed by atoms with Crippen LogP contribution in [0, 0.1) is 0 Å². The molecule has 18 heavy (non-hydrogen) atoms. The highest BCUT2D eigenvalue weighted by molar-refractivity contribution is 5.73. The number of amides is 1. The summed E-state index contributed by atoms with van der Waals surface area (Å²) in [6, 6.07) is 1.15. The molecule has 0 spiro atoms. The Morgan fingerprint density at radius 3 is 2.44 bits per heavy atom. The summed E-state index contributed by atoms with van der Waals surface area (Å²) in [6.07, 6.45) is 4.92. The van der Waals surface area contributed by atoms with Crippen molar-refractivity contribution in [1.82, 2.24) is 14.7 Å². The molecular formula is C14H27N3O. The minimum Gasteiger partial charge on any atom is -0.343 e. The molecule has 0 aromatic rings. The van der Waals surface area contributed by atoms with E-state index in [9.17, 15) is 4.79 Å². The van der Waals surface area contributed by atoms with E-state index in [1.807, 2.05) is 11.9 Å². The second-order valence-electron chi connectivity index (χ2n) is 5.94. The van der Waals surface area contributed by atoms with Gasteiger partial charge in [0.1, 0.15) is 0 Å². The van der Waals surface area contributed by atoms with Gasteiger partial charge in [0, 0.05) is 52.2 Å². The molecule has 2 fully saturated rings. The molecule has 1 aliphatic heterocycles. The van der Waals surface area contributed by atoms with Crippen LogP contribution in [0.1, 0.15) is 32.6 Å². The highest BCUT2D eigenvalue weighted by atomic mass is 16.2. The van der Waals surface area contributed by atoms with E-state index in [2.05, 4.69) is 16.8 Å². The van der Waals surface area contributed by atoms with Crippen molar-refractivity contribution in [3.05, 3.63) is 0 Å². The molecule has 1 amide bonds. The molecule has 0 unspecified atom stereocenters. The molecular weight excluding hydrogens is 226 g/mol. The van der Waals surface area contributed by atoms with Gasteiger partial charge < -0.3 is 9.80 Å². The number of hydrogen-bond donors (Lipinski definition) is 0. The SMILES string of the molecule is CC(=O)N(C)[C@H]1CCC[C@@H](N2CCN(C)CC2)C1. The van der Waals surface area contributed by atoms with E-state index in [1.165, 1.54) is 51.9 Å². The zero-order valence-electron chi connectivity index (χ0n) is 12.1. The largest absolute Gasteiger partial charge is 0.343 e. The van der Waals surface area contributed by atoms with Crippen molar-refractivity contribution in [2.75, 3.05) is 40.3 Å². The van der Waals surface area contributed by atoms with Gasteiger partial charge in [-0.25, -0.2) is 0 Å². The van der Waals surface area contributed by atoms with E-state index in [-0.39, 0.29) is 5.91 Å². The molecule has 104 valence electrons. The number of hydrogen-bond acceptors (Lipinski definition) is 3. The number of nitrogens with zero attached hydrogens (tertiary/aromatic N) is 3. The van der Waals surface area contributed by atoms with Crippen LogP contribution >= 0.6 is 0 Å². The fourth-order valence-electron chi connectivity index (χ4n) is 3.27. The van der Waals surface area contributed by atoms with Gasteiger partial charge in [0.25, 0.3) is 0 Å². The fourth-order valence-corrected chi connectivity index (χ4v) is 3.27. The van der Waals surface area contributed by atoms with Crippen LogP contribution in [-0.4, -0.2) is 73.0 Å². The molecule has 4 nitrogen and oxygen atoms in total. The number of rotatable bonds is 2. The van der Waals surface area contributed by atoms with Gasteiger partial charge >= 0.3 is 0 Å². The smallest absolute Gasteiger partial charge is 0.219 e. The molecule has 2 aliphatic rings. The lowest BCUT2D eigenvalue weighted by molar-refractivity contribution is -0.130. The summed E-state index contributed by atoms with van der Waals surface area (Å²) in [6.45, 7) is 6.43. The topological polar surface area (TPSA) is 26.8 Å². The summed E-state index contributed by atoms with van der Waals surface area (Å²) in [4.78, 5) is 18.5. The Hall–Kier alpha value is -0.610. The van der Waals surface area contributed by atoms with E-state index in [1.54, 1.807) is 6.92 Å². The average Bonchev–Trinajstić information content (AvgIpc) is 2.38. The second kappa shape index (κ2) is 6.02. The van der Waals surface area contributed by atoms with Crippen molar-refractivity contribution < 1.29 is 4.79 Å². The molecule has 0 aromatic carbocycles. The third kappa shape index (κ3) is 3.23. The standard InChI is InChI=1S/C14H27N3O/c1-12(18)16(3)13-5-4-6-14(11-13)17-9-7-15(2)8-10-17/h13-14H,4-11H2,1-3H3/t13-,14+/m0/s1. The normalized spacial score (nSPS) is 31.3. The molecule has 0 N–H and O–H groups in total. The first kappa shape index (κ1) is 13.8. The van der Waals surface area contributed by atoms with Crippen LogP contribution in [0.2, 0.25) is 0 Å². The minimum atomic E-state index is 0.207. The lowest BCUT2D eigenvalue weighted by Gasteiger charge is -2.43. The summed E-state index contributed by atoms with van der Waals surface area (Å²) in [7, 11) is 4.16. The Morgan fingerprint density at radius 1 is 1.17 bits per heavy atom. The summed E-state index contributed by atoms with van der Waals surface area (Å²) < 4.78 is 0. The lowest BCUT2D eigenvalue weighted by Crippen LogP contribution is -2.52. The van der Waals surface area contributed by atoms with Crippen molar-refractivity contribution in [2.24, 2.45) is 0 Å². The first-order valence-corrected chi connectivity index (χ1v) is 7.24. The van der Waals surface area contributed by atoms with Crippen LogP contribution in [0.25, 0.3) is 0 Å². The summed E-state index contributed by atoms with van der Waals surface area (Å²) in [5.41, 5.74) is 0. The van der Waals surface area contributed by atoms with E-state index in [4.69, 9.17) is 0 Å². The first-order valence-electron chi connectivity index (χ1n) is 7.24. The highest BCUT2D eigenvalue weighted by Gasteiger charge is 2.30. The first-order chi connectivity index (χ1) is 8.58. The van der Waals surface area contributed by atoms with Gasteiger partial charge in [-0.2, -0.15) is 0 Å². The van der Waals surface area contributed by atoms with E-state index in [0.717, 1.165) is 0 Å². The fraction of sp³-hybridized carbons (Fsp3) is 0.929. The van der Waals surface area contributed by atoms with Crippen LogP contribution < -0.4 is 0 Å². The van der Waals surface area contributed by atoms with E-state index >= 15 is 0 Å². The summed E-state index contributed by atoms with van der Waals surface area (Å²) in [5.74, 6) is 0.207. The Balaban J connectivity index is 1.88. The van der Waals surface area contributed by atoms with Crippen molar-refractivity contribution >= 4 is 5.91 Å². The summed E-state index contributed by atoms with van der Waals surface area (Å²) >= 11 is 0. The Bertz CT molecular complexity index is 287. The van der Waals surface area contributed by atoms with Gasteiger partial charge in [-0.15, -0.1) is 0 Å². The number of carbonyl (C=O) groups is 1. The summed E-state index contributed by atoms with van der Waals surface area (Å²) in [5, 5.41) is 0. The number of likely N-dealkylation sites (N-methyl/N-ethyl adjacent to an activating group) is 1. The quantitative estimate of drug-likeness (QED) is 0.735. The Morgan fingerprint density at radius 2 is 1.83 bits per heavy atom.